The van der Waals surface area contributed by atoms with Crippen LogP contribution in [-0.2, 0) is 28.0 Å². The first-order valence-electron chi connectivity index (χ1n) is 14.2. The standard InChI is InChI=1S/C32H40FN3O4/c1-4-9-28-31(39)35-27(29(37)21-34-32(13-14-32)24-11-8-10-22(5-2)16-24)19-23-17-25(33)20-26(18-23)40-15-7-6-12-30(38)36(28)3/h1,8,10-11,16-18,20,27-29,34,37H,5-7,9,12-15,19,21H2,2-3H3,(H,35,39)/t27-,28-,29+/m0/s1. The van der Waals surface area contributed by atoms with E-state index < -0.39 is 29.9 Å². The quantitative estimate of drug-likeness (QED) is 0.461. The summed E-state index contributed by atoms with van der Waals surface area (Å²) in [6.45, 7) is 2.67. The molecule has 1 aliphatic heterocycles. The molecule has 2 aromatic rings. The number of amides is 2. The van der Waals surface area contributed by atoms with Gasteiger partial charge >= 0.3 is 0 Å². The zero-order chi connectivity index (χ0) is 28.7. The Labute approximate surface area is 236 Å². The number of carbonyl (C=O) groups excluding carboxylic acids is 2. The second kappa shape index (κ2) is 13.3. The maximum atomic E-state index is 14.5. The van der Waals surface area contributed by atoms with Gasteiger partial charge in [-0.1, -0.05) is 31.2 Å². The number of aliphatic hydroxyl groups excluding tert-OH is 1. The van der Waals surface area contributed by atoms with E-state index in [0.29, 0.717) is 30.8 Å². The normalized spacial score (nSPS) is 22.2. The van der Waals surface area contributed by atoms with Gasteiger partial charge in [0.2, 0.25) is 11.8 Å². The molecule has 0 radical (unpaired) electrons. The molecule has 2 amide bonds. The SMILES string of the molecule is C#CC[C@H]1C(=O)N[C@H]([C@H](O)CNC2(c3cccc(CC)c3)CC2)Cc2cc(F)cc(c2)OCCCCC(=O)N1C. The zero-order valence-corrected chi connectivity index (χ0v) is 23.4. The maximum Gasteiger partial charge on any atom is 0.244 e. The summed E-state index contributed by atoms with van der Waals surface area (Å²) in [5.41, 5.74) is 2.81. The highest BCUT2D eigenvalue weighted by Gasteiger charge is 2.44. The molecule has 0 spiro atoms. The Balaban J connectivity index is 1.57. The minimum absolute atomic E-state index is 0.0409. The van der Waals surface area contributed by atoms with Crippen molar-refractivity contribution in [3.05, 3.63) is 65.0 Å². The van der Waals surface area contributed by atoms with Crippen molar-refractivity contribution >= 4 is 11.8 Å². The second-order valence-electron chi connectivity index (χ2n) is 10.9. The van der Waals surface area contributed by atoms with Gasteiger partial charge in [0.05, 0.1) is 18.8 Å². The van der Waals surface area contributed by atoms with E-state index in [9.17, 15) is 19.1 Å². The third kappa shape index (κ3) is 7.41. The predicted molar refractivity (Wildman–Crippen MR) is 152 cm³/mol. The topological polar surface area (TPSA) is 90.9 Å². The van der Waals surface area contributed by atoms with E-state index in [4.69, 9.17) is 11.2 Å². The number of nitrogens with one attached hydrogen (secondary N) is 2. The van der Waals surface area contributed by atoms with Crippen LogP contribution >= 0.6 is 0 Å². The number of carbonyl (C=O) groups is 2. The molecule has 2 bridgehead atoms. The van der Waals surface area contributed by atoms with Crippen molar-refractivity contribution in [2.75, 3.05) is 20.2 Å². The summed E-state index contributed by atoms with van der Waals surface area (Å²) in [6, 6.07) is 11.3. The van der Waals surface area contributed by atoms with E-state index in [1.165, 1.54) is 28.2 Å². The molecular weight excluding hydrogens is 509 g/mol. The van der Waals surface area contributed by atoms with Crippen molar-refractivity contribution in [2.45, 2.75) is 82.0 Å². The molecule has 7 nitrogen and oxygen atoms in total. The van der Waals surface area contributed by atoms with E-state index in [1.807, 2.05) is 0 Å². The number of ether oxygens (including phenoxy) is 1. The van der Waals surface area contributed by atoms with Crippen molar-refractivity contribution in [1.29, 1.82) is 0 Å². The summed E-state index contributed by atoms with van der Waals surface area (Å²) in [5.74, 6) is 1.78. The van der Waals surface area contributed by atoms with Gasteiger partial charge in [-0.05, 0) is 67.3 Å². The number of halogens is 1. The molecule has 1 fully saturated rings. The molecule has 0 aromatic heterocycles. The van der Waals surface area contributed by atoms with Gasteiger partial charge in [-0.15, -0.1) is 12.3 Å². The zero-order valence-electron chi connectivity index (χ0n) is 23.4. The fourth-order valence-corrected chi connectivity index (χ4v) is 5.30. The number of hydrogen-bond donors (Lipinski definition) is 3. The number of nitrogens with zero attached hydrogens (tertiary/aromatic N) is 1. The molecule has 2 aliphatic rings. The van der Waals surface area contributed by atoms with Crippen LogP contribution in [0.3, 0.4) is 0 Å². The summed E-state index contributed by atoms with van der Waals surface area (Å²) in [7, 11) is 1.57. The van der Waals surface area contributed by atoms with Crippen LogP contribution in [0, 0.1) is 18.2 Å². The van der Waals surface area contributed by atoms with Gasteiger partial charge in [-0.3, -0.25) is 9.59 Å². The lowest BCUT2D eigenvalue weighted by molar-refractivity contribution is -0.139. The van der Waals surface area contributed by atoms with Crippen molar-refractivity contribution in [1.82, 2.24) is 15.5 Å². The van der Waals surface area contributed by atoms with Crippen molar-refractivity contribution in [2.24, 2.45) is 0 Å². The Morgan fingerprint density at radius 3 is 2.77 bits per heavy atom. The molecule has 3 atom stereocenters. The molecule has 214 valence electrons. The first-order valence-corrected chi connectivity index (χ1v) is 14.2. The number of aliphatic hydroxyl groups is 1. The molecular formula is C32H40FN3O4. The average molecular weight is 550 g/mol. The Morgan fingerprint density at radius 1 is 1.25 bits per heavy atom. The van der Waals surface area contributed by atoms with Gasteiger partial charge in [0.15, 0.2) is 0 Å². The van der Waals surface area contributed by atoms with Crippen LogP contribution in [0.2, 0.25) is 0 Å². The van der Waals surface area contributed by atoms with Crippen LogP contribution in [0.4, 0.5) is 4.39 Å². The minimum Gasteiger partial charge on any atom is -0.493 e. The van der Waals surface area contributed by atoms with Gasteiger partial charge in [0, 0.05) is 38.0 Å². The van der Waals surface area contributed by atoms with Crippen molar-refractivity contribution in [3.8, 4) is 18.1 Å². The van der Waals surface area contributed by atoms with Gasteiger partial charge in [0.25, 0.3) is 0 Å². The van der Waals surface area contributed by atoms with Gasteiger partial charge in [-0.2, -0.15) is 0 Å². The third-order valence-corrected chi connectivity index (χ3v) is 7.99. The van der Waals surface area contributed by atoms with E-state index in [-0.39, 0.29) is 37.3 Å². The van der Waals surface area contributed by atoms with Gasteiger partial charge in [-0.25, -0.2) is 4.39 Å². The Morgan fingerprint density at radius 2 is 2.05 bits per heavy atom. The molecule has 8 heteroatoms. The minimum atomic E-state index is -0.994. The number of fused-ring (bicyclic) bond motifs is 2. The molecule has 2 aromatic carbocycles. The number of aryl methyl sites for hydroxylation is 1. The highest BCUT2D eigenvalue weighted by molar-refractivity contribution is 5.88. The molecule has 1 saturated carbocycles. The predicted octanol–water partition coefficient (Wildman–Crippen LogP) is 3.47. The molecule has 40 heavy (non-hydrogen) atoms. The van der Waals surface area contributed by atoms with Crippen LogP contribution < -0.4 is 15.4 Å². The average Bonchev–Trinajstić information content (AvgIpc) is 3.74. The van der Waals surface area contributed by atoms with Crippen LogP contribution in [0.25, 0.3) is 0 Å². The Hall–Kier alpha value is -3.41. The molecule has 0 saturated heterocycles. The third-order valence-electron chi connectivity index (χ3n) is 7.99. The van der Waals surface area contributed by atoms with Crippen LogP contribution in [0.5, 0.6) is 5.75 Å². The first-order chi connectivity index (χ1) is 19.2. The number of likely N-dealkylation sites (N-methyl/N-ethyl adjacent to an activating group) is 1. The van der Waals surface area contributed by atoms with E-state index in [1.54, 1.807) is 13.1 Å². The summed E-state index contributed by atoms with van der Waals surface area (Å²) in [4.78, 5) is 27.7. The van der Waals surface area contributed by atoms with E-state index in [2.05, 4.69) is 47.7 Å². The Bertz CT molecular complexity index is 1240. The van der Waals surface area contributed by atoms with E-state index in [0.717, 1.165) is 19.3 Å². The number of rotatable bonds is 7. The lowest BCUT2D eigenvalue weighted by atomic mass is 9.98. The molecule has 1 heterocycles. The monoisotopic (exact) mass is 549 g/mol. The lowest BCUT2D eigenvalue weighted by Gasteiger charge is -2.31. The first kappa shape index (κ1) is 29.6. The molecule has 1 aliphatic carbocycles. The van der Waals surface area contributed by atoms with Crippen molar-refractivity contribution < 1.29 is 23.8 Å². The second-order valence-corrected chi connectivity index (χ2v) is 10.9. The largest absolute Gasteiger partial charge is 0.493 e. The van der Waals surface area contributed by atoms with Crippen molar-refractivity contribution in [3.63, 3.8) is 0 Å². The number of hydrogen-bond acceptors (Lipinski definition) is 5. The highest BCUT2D eigenvalue weighted by Crippen LogP contribution is 2.45. The molecule has 0 unspecified atom stereocenters. The summed E-state index contributed by atoms with van der Waals surface area (Å²) in [5, 5.41) is 17.9. The van der Waals surface area contributed by atoms with Crippen LogP contribution in [0.15, 0.2) is 42.5 Å². The number of benzene rings is 2. The number of terminal acetylenes is 1. The summed E-state index contributed by atoms with van der Waals surface area (Å²) < 4.78 is 20.3. The molecule has 4 rings (SSSR count). The fourth-order valence-electron chi connectivity index (χ4n) is 5.30. The summed E-state index contributed by atoms with van der Waals surface area (Å²) >= 11 is 0. The Kier molecular flexibility index (Phi) is 9.83. The smallest absolute Gasteiger partial charge is 0.244 e. The van der Waals surface area contributed by atoms with E-state index >= 15 is 0 Å². The van der Waals surface area contributed by atoms with Crippen LogP contribution in [-0.4, -0.2) is 60.2 Å². The highest BCUT2D eigenvalue weighted by atomic mass is 19.1. The summed E-state index contributed by atoms with van der Waals surface area (Å²) in [6.07, 6.45) is 9.01. The van der Waals surface area contributed by atoms with Gasteiger partial charge < -0.3 is 25.4 Å². The fraction of sp³-hybridized carbons (Fsp3) is 0.500. The van der Waals surface area contributed by atoms with Crippen LogP contribution in [0.1, 0.15) is 62.1 Å². The van der Waals surface area contributed by atoms with Gasteiger partial charge in [0.1, 0.15) is 17.6 Å². The lowest BCUT2D eigenvalue weighted by Crippen LogP contribution is -2.55. The molecule has 3 N–H and O–H groups in total. The maximum absolute atomic E-state index is 14.5.